The first-order chi connectivity index (χ1) is 8.01. The fourth-order valence-corrected chi connectivity index (χ4v) is 1.83. The van der Waals surface area contributed by atoms with Gasteiger partial charge in [0.15, 0.2) is 0 Å². The molecule has 0 aromatic heterocycles. The Morgan fingerprint density at radius 1 is 1.35 bits per heavy atom. The van der Waals surface area contributed by atoms with Gasteiger partial charge < -0.3 is 10.4 Å². The monoisotopic (exact) mass is 299 g/mol. The van der Waals surface area contributed by atoms with Gasteiger partial charge in [-0.15, -0.1) is 0 Å². The van der Waals surface area contributed by atoms with Crippen molar-refractivity contribution >= 4 is 21.8 Å². The topological polar surface area (TPSA) is 49.3 Å². The Bertz CT molecular complexity index is 378. The summed E-state index contributed by atoms with van der Waals surface area (Å²) in [5.41, 5.74) is -0.175. The molecule has 1 aromatic rings. The van der Waals surface area contributed by atoms with Crippen LogP contribution in [-0.2, 0) is 10.4 Å². The van der Waals surface area contributed by atoms with E-state index in [2.05, 4.69) is 21.2 Å². The lowest BCUT2D eigenvalue weighted by atomic mass is 9.91. The van der Waals surface area contributed by atoms with E-state index in [0.29, 0.717) is 12.8 Å². The van der Waals surface area contributed by atoms with Gasteiger partial charge in [-0.2, -0.15) is 0 Å². The number of aliphatic hydroxyl groups is 1. The molecule has 2 N–H and O–H groups in total. The van der Waals surface area contributed by atoms with E-state index >= 15 is 0 Å². The molecule has 94 valence electrons. The molecule has 0 saturated carbocycles. The van der Waals surface area contributed by atoms with Crippen LogP contribution in [0, 0.1) is 0 Å². The normalized spacial score (nSPS) is 14.1. The molecule has 0 fully saturated rings. The average molecular weight is 300 g/mol. The number of hydrogen-bond donors (Lipinski definition) is 2. The molecule has 0 aliphatic heterocycles. The molecule has 0 aliphatic rings. The van der Waals surface area contributed by atoms with Crippen LogP contribution in [-0.4, -0.2) is 17.6 Å². The second-order valence-electron chi connectivity index (χ2n) is 4.02. The molecule has 17 heavy (non-hydrogen) atoms. The molecular formula is C13H18BrNO2. The summed E-state index contributed by atoms with van der Waals surface area (Å²) in [6.45, 7) is 3.94. The summed E-state index contributed by atoms with van der Waals surface area (Å²) in [7, 11) is 0. The van der Waals surface area contributed by atoms with E-state index in [1.807, 2.05) is 31.2 Å². The van der Waals surface area contributed by atoms with Crippen molar-refractivity contribution < 1.29 is 9.90 Å². The quantitative estimate of drug-likeness (QED) is 0.878. The third kappa shape index (κ3) is 3.82. The smallest absolute Gasteiger partial charge is 0.219 e. The molecule has 3 nitrogen and oxygen atoms in total. The van der Waals surface area contributed by atoms with Crippen LogP contribution in [0.5, 0.6) is 0 Å². The minimum Gasteiger partial charge on any atom is -0.383 e. The molecule has 4 heteroatoms. The number of hydrogen-bond acceptors (Lipinski definition) is 2. The van der Waals surface area contributed by atoms with E-state index in [1.165, 1.54) is 0 Å². The summed E-state index contributed by atoms with van der Waals surface area (Å²) in [5, 5.41) is 13.2. The summed E-state index contributed by atoms with van der Waals surface area (Å²) in [4.78, 5) is 11.2. The predicted octanol–water partition coefficient (Wildman–Crippen LogP) is 2.57. The summed E-state index contributed by atoms with van der Waals surface area (Å²) in [6.07, 6.45) is 0.985. The SMILES string of the molecule is CCC(=O)NC[C@](O)(CC)c1ccc(Br)cc1. The lowest BCUT2D eigenvalue weighted by molar-refractivity contribution is -0.122. The molecule has 1 atom stereocenters. The van der Waals surface area contributed by atoms with Gasteiger partial charge in [0.1, 0.15) is 5.60 Å². The maximum absolute atomic E-state index is 11.2. The zero-order valence-corrected chi connectivity index (χ0v) is 11.8. The van der Waals surface area contributed by atoms with Crippen molar-refractivity contribution in [2.75, 3.05) is 6.54 Å². The van der Waals surface area contributed by atoms with E-state index in [9.17, 15) is 9.90 Å². The average Bonchev–Trinajstić information content (AvgIpc) is 2.36. The van der Waals surface area contributed by atoms with Crippen molar-refractivity contribution in [1.29, 1.82) is 0 Å². The van der Waals surface area contributed by atoms with E-state index in [0.717, 1.165) is 10.0 Å². The molecule has 1 aromatic carbocycles. The number of benzene rings is 1. The number of amides is 1. The van der Waals surface area contributed by atoms with Crippen molar-refractivity contribution in [2.45, 2.75) is 32.3 Å². The van der Waals surface area contributed by atoms with E-state index in [1.54, 1.807) is 6.92 Å². The Morgan fingerprint density at radius 2 is 1.94 bits per heavy atom. The molecule has 1 amide bonds. The second-order valence-corrected chi connectivity index (χ2v) is 4.94. The number of carbonyl (C=O) groups is 1. The first-order valence-corrected chi connectivity index (χ1v) is 6.56. The van der Waals surface area contributed by atoms with Gasteiger partial charge in [-0.3, -0.25) is 4.79 Å². The largest absolute Gasteiger partial charge is 0.383 e. The van der Waals surface area contributed by atoms with Crippen LogP contribution in [0.2, 0.25) is 0 Å². The van der Waals surface area contributed by atoms with Gasteiger partial charge in [-0.05, 0) is 24.1 Å². The molecule has 0 bridgehead atoms. The second kappa shape index (κ2) is 6.17. The highest BCUT2D eigenvalue weighted by Crippen LogP contribution is 2.25. The summed E-state index contributed by atoms with van der Waals surface area (Å²) in [6, 6.07) is 7.51. The van der Waals surface area contributed by atoms with Crippen LogP contribution >= 0.6 is 15.9 Å². The molecule has 1 rings (SSSR count). The minimum atomic E-state index is -0.995. The fraction of sp³-hybridized carbons (Fsp3) is 0.462. The van der Waals surface area contributed by atoms with Crippen molar-refractivity contribution in [1.82, 2.24) is 5.32 Å². The van der Waals surface area contributed by atoms with Gasteiger partial charge in [0.25, 0.3) is 0 Å². The predicted molar refractivity (Wildman–Crippen MR) is 71.6 cm³/mol. The van der Waals surface area contributed by atoms with E-state index in [4.69, 9.17) is 0 Å². The number of carbonyl (C=O) groups excluding carboxylic acids is 1. The Labute approximate surface area is 110 Å². The lowest BCUT2D eigenvalue weighted by Gasteiger charge is -2.27. The summed E-state index contributed by atoms with van der Waals surface area (Å²) in [5.74, 6) is -0.0472. The molecular weight excluding hydrogens is 282 g/mol. The Balaban J connectivity index is 2.80. The molecule has 0 spiro atoms. The molecule has 0 aliphatic carbocycles. The number of halogens is 1. The van der Waals surface area contributed by atoms with E-state index < -0.39 is 5.60 Å². The molecule has 0 unspecified atom stereocenters. The lowest BCUT2D eigenvalue weighted by Crippen LogP contribution is -2.40. The first-order valence-electron chi connectivity index (χ1n) is 5.77. The van der Waals surface area contributed by atoms with Crippen molar-refractivity contribution in [3.05, 3.63) is 34.3 Å². The maximum atomic E-state index is 11.2. The standard InChI is InChI=1S/C13H18BrNO2/c1-3-12(16)15-9-13(17,4-2)10-5-7-11(14)8-6-10/h5-8,17H,3-4,9H2,1-2H3,(H,15,16)/t13-/m1/s1. The minimum absolute atomic E-state index is 0.0472. The Kier molecular flexibility index (Phi) is 5.15. The Morgan fingerprint density at radius 3 is 2.41 bits per heavy atom. The summed E-state index contributed by atoms with van der Waals surface area (Å²) >= 11 is 3.36. The van der Waals surface area contributed by atoms with Crippen LogP contribution in [0.15, 0.2) is 28.7 Å². The van der Waals surface area contributed by atoms with Gasteiger partial charge in [-0.25, -0.2) is 0 Å². The Hall–Kier alpha value is -0.870. The molecule has 0 radical (unpaired) electrons. The zero-order valence-electron chi connectivity index (χ0n) is 10.2. The van der Waals surface area contributed by atoms with Gasteiger partial charge in [0, 0.05) is 10.9 Å². The van der Waals surface area contributed by atoms with Crippen molar-refractivity contribution in [3.8, 4) is 0 Å². The zero-order chi connectivity index (χ0) is 12.9. The highest BCUT2D eigenvalue weighted by Gasteiger charge is 2.27. The highest BCUT2D eigenvalue weighted by atomic mass is 79.9. The first kappa shape index (κ1) is 14.2. The number of nitrogens with one attached hydrogen (secondary N) is 1. The van der Waals surface area contributed by atoms with Crippen LogP contribution < -0.4 is 5.32 Å². The van der Waals surface area contributed by atoms with Crippen molar-refractivity contribution in [2.24, 2.45) is 0 Å². The highest BCUT2D eigenvalue weighted by molar-refractivity contribution is 9.10. The van der Waals surface area contributed by atoms with Gasteiger partial charge >= 0.3 is 0 Å². The van der Waals surface area contributed by atoms with Gasteiger partial charge in [0.2, 0.25) is 5.91 Å². The van der Waals surface area contributed by atoms with Crippen molar-refractivity contribution in [3.63, 3.8) is 0 Å². The van der Waals surface area contributed by atoms with Gasteiger partial charge in [0.05, 0.1) is 6.54 Å². The third-order valence-electron chi connectivity index (χ3n) is 2.87. The van der Waals surface area contributed by atoms with Crippen LogP contribution in [0.25, 0.3) is 0 Å². The van der Waals surface area contributed by atoms with Gasteiger partial charge in [-0.1, -0.05) is 41.9 Å². The fourth-order valence-electron chi connectivity index (χ4n) is 1.56. The molecule has 0 heterocycles. The van der Waals surface area contributed by atoms with E-state index in [-0.39, 0.29) is 12.5 Å². The van der Waals surface area contributed by atoms with Crippen LogP contribution in [0.4, 0.5) is 0 Å². The molecule has 0 saturated heterocycles. The summed E-state index contributed by atoms with van der Waals surface area (Å²) < 4.78 is 0.970. The van der Waals surface area contributed by atoms with Crippen LogP contribution in [0.3, 0.4) is 0 Å². The third-order valence-corrected chi connectivity index (χ3v) is 3.39. The maximum Gasteiger partial charge on any atom is 0.219 e. The number of rotatable bonds is 5. The van der Waals surface area contributed by atoms with Crippen LogP contribution in [0.1, 0.15) is 32.3 Å².